The van der Waals surface area contributed by atoms with Crippen molar-refractivity contribution in [3.63, 3.8) is 0 Å². The Morgan fingerprint density at radius 2 is 1.76 bits per heavy atom. The number of carbonyl (C=O) groups excluding carboxylic acids is 1. The average Bonchev–Trinajstić information content (AvgIpc) is 3.32. The number of anilines is 1. The number of hydrogen-bond donors (Lipinski definition) is 0. The zero-order chi connectivity index (χ0) is 24.2. The molecule has 1 amide bonds. The van der Waals surface area contributed by atoms with Gasteiger partial charge in [-0.1, -0.05) is 32.9 Å². The predicted octanol–water partition coefficient (Wildman–Crippen LogP) is 6.37. The fraction of sp³-hybridized carbons (Fsp3) is 0.286. The molecule has 0 saturated heterocycles. The Balaban J connectivity index is 1.48. The molecule has 0 bridgehead atoms. The van der Waals surface area contributed by atoms with Crippen molar-refractivity contribution in [1.29, 1.82) is 0 Å². The van der Waals surface area contributed by atoms with Crippen LogP contribution in [0, 0.1) is 18.2 Å². The monoisotopic (exact) mass is 457 g/mol. The van der Waals surface area contributed by atoms with Crippen molar-refractivity contribution < 1.29 is 13.9 Å². The minimum absolute atomic E-state index is 0.0778. The Morgan fingerprint density at radius 1 is 1.03 bits per heavy atom. The molecule has 34 heavy (non-hydrogen) atoms. The summed E-state index contributed by atoms with van der Waals surface area (Å²) in [6.45, 7) is 9.90. The predicted molar refractivity (Wildman–Crippen MR) is 132 cm³/mol. The number of hydrogen-bond acceptors (Lipinski definition) is 3. The smallest absolute Gasteiger partial charge is 0.232 e. The summed E-state index contributed by atoms with van der Waals surface area (Å²) in [5.74, 6) is 0.504. The van der Waals surface area contributed by atoms with Crippen LogP contribution in [-0.2, 0) is 4.79 Å². The molecule has 4 aromatic rings. The number of amides is 1. The van der Waals surface area contributed by atoms with Crippen LogP contribution >= 0.6 is 0 Å². The molecule has 2 heterocycles. The molecular formula is C28H28FN3O2. The summed E-state index contributed by atoms with van der Waals surface area (Å²) in [4.78, 5) is 15.2. The van der Waals surface area contributed by atoms with E-state index in [-0.39, 0.29) is 23.9 Å². The van der Waals surface area contributed by atoms with Crippen molar-refractivity contribution in [3.8, 4) is 11.4 Å². The maximum absolute atomic E-state index is 13.3. The highest BCUT2D eigenvalue weighted by Crippen LogP contribution is 2.44. The number of aromatic nitrogens is 2. The van der Waals surface area contributed by atoms with Gasteiger partial charge in [-0.25, -0.2) is 9.07 Å². The van der Waals surface area contributed by atoms with Gasteiger partial charge in [-0.15, -0.1) is 0 Å². The summed E-state index contributed by atoms with van der Waals surface area (Å²) in [7, 11) is 0. The molecule has 5 rings (SSSR count). The molecule has 0 aliphatic carbocycles. The minimum Gasteiger partial charge on any atom is -0.483 e. The zero-order valence-corrected chi connectivity index (χ0v) is 20.0. The summed E-state index contributed by atoms with van der Waals surface area (Å²) in [5, 5.41) is 5.39. The summed E-state index contributed by atoms with van der Waals surface area (Å²) >= 11 is 0. The molecule has 0 unspecified atom stereocenters. The molecule has 1 aliphatic rings. The number of fused-ring (bicyclic) bond motifs is 2. The third-order valence-corrected chi connectivity index (χ3v) is 6.33. The van der Waals surface area contributed by atoms with Gasteiger partial charge in [0, 0.05) is 16.4 Å². The summed E-state index contributed by atoms with van der Waals surface area (Å²) < 4.78 is 21.6. The molecule has 0 spiro atoms. The molecule has 0 fully saturated rings. The summed E-state index contributed by atoms with van der Waals surface area (Å²) in [6.07, 6.45) is 1.49. The van der Waals surface area contributed by atoms with Gasteiger partial charge < -0.3 is 9.64 Å². The maximum Gasteiger partial charge on any atom is 0.232 e. The molecule has 3 aromatic carbocycles. The molecule has 174 valence electrons. The van der Waals surface area contributed by atoms with Gasteiger partial charge in [-0.05, 0) is 67.9 Å². The van der Waals surface area contributed by atoms with Gasteiger partial charge in [0.15, 0.2) is 0 Å². The van der Waals surface area contributed by atoms with Crippen LogP contribution in [0.25, 0.3) is 16.6 Å². The van der Waals surface area contributed by atoms with Crippen LogP contribution in [-0.4, -0.2) is 21.7 Å². The van der Waals surface area contributed by atoms with Crippen LogP contribution in [0.4, 0.5) is 10.1 Å². The first-order valence-electron chi connectivity index (χ1n) is 11.5. The van der Waals surface area contributed by atoms with Crippen LogP contribution in [0.15, 0.2) is 66.9 Å². The lowest BCUT2D eigenvalue weighted by atomic mass is 9.94. The Kier molecular flexibility index (Phi) is 5.19. The first kappa shape index (κ1) is 22.1. The number of carbonyl (C=O) groups is 1. The van der Waals surface area contributed by atoms with Gasteiger partial charge in [0.25, 0.3) is 0 Å². The third kappa shape index (κ3) is 3.73. The van der Waals surface area contributed by atoms with E-state index < -0.39 is 5.41 Å². The van der Waals surface area contributed by atoms with E-state index in [1.54, 1.807) is 23.0 Å². The number of rotatable bonds is 3. The Morgan fingerprint density at radius 3 is 2.47 bits per heavy atom. The highest BCUT2D eigenvalue weighted by molar-refractivity contribution is 5.99. The normalized spacial score (nSPS) is 17.8. The number of ether oxygens (including phenoxy) is 1. The van der Waals surface area contributed by atoms with E-state index in [9.17, 15) is 9.18 Å². The first-order valence-corrected chi connectivity index (χ1v) is 11.5. The van der Waals surface area contributed by atoms with Crippen molar-refractivity contribution in [2.45, 2.75) is 46.8 Å². The van der Waals surface area contributed by atoms with Gasteiger partial charge in [-0.2, -0.15) is 5.10 Å². The van der Waals surface area contributed by atoms with Crippen molar-refractivity contribution in [2.24, 2.45) is 5.41 Å². The van der Waals surface area contributed by atoms with Crippen LogP contribution in [0.2, 0.25) is 0 Å². The second-order valence-electron chi connectivity index (χ2n) is 10.0. The second kappa shape index (κ2) is 7.97. The molecular weight excluding hydrogens is 429 g/mol. The standard InChI is InChI=1S/C28H28FN3O2/c1-17-6-12-23-25(14-17)31(27(33)28(3,4)5)18(2)26(23)34-22-11-13-24-19(15-22)16-30-32(24)21-9-7-20(29)8-10-21/h6-16,18,26H,1-5H3/t18-,26-/m0/s1. The van der Waals surface area contributed by atoms with Gasteiger partial charge in [0.1, 0.15) is 17.7 Å². The van der Waals surface area contributed by atoms with Crippen LogP contribution in [0.3, 0.4) is 0 Å². The van der Waals surface area contributed by atoms with Crippen molar-refractivity contribution in [3.05, 3.63) is 83.8 Å². The molecule has 2 atom stereocenters. The highest BCUT2D eigenvalue weighted by Gasteiger charge is 2.43. The molecule has 6 heteroatoms. The molecule has 5 nitrogen and oxygen atoms in total. The quantitative estimate of drug-likeness (QED) is 0.359. The zero-order valence-electron chi connectivity index (χ0n) is 20.0. The topological polar surface area (TPSA) is 47.4 Å². The SMILES string of the molecule is Cc1ccc2c(c1)N(C(=O)C(C)(C)C)[C@@H](C)[C@@H]2Oc1ccc2c(cnn2-c2ccc(F)cc2)c1. The van der Waals surface area contributed by atoms with Crippen molar-refractivity contribution in [2.75, 3.05) is 4.90 Å². The molecule has 1 aromatic heterocycles. The van der Waals surface area contributed by atoms with E-state index >= 15 is 0 Å². The van der Waals surface area contributed by atoms with E-state index in [4.69, 9.17) is 4.74 Å². The Labute approximate surface area is 198 Å². The highest BCUT2D eigenvalue weighted by atomic mass is 19.1. The second-order valence-corrected chi connectivity index (χ2v) is 10.0. The fourth-order valence-corrected chi connectivity index (χ4v) is 4.55. The van der Waals surface area contributed by atoms with E-state index in [1.165, 1.54) is 12.1 Å². The van der Waals surface area contributed by atoms with Crippen molar-refractivity contribution >= 4 is 22.5 Å². The van der Waals surface area contributed by atoms with Gasteiger partial charge in [0.2, 0.25) is 5.91 Å². The molecule has 0 N–H and O–H groups in total. The lowest BCUT2D eigenvalue weighted by Crippen LogP contribution is -2.44. The molecule has 0 saturated carbocycles. The fourth-order valence-electron chi connectivity index (χ4n) is 4.55. The average molecular weight is 458 g/mol. The summed E-state index contributed by atoms with van der Waals surface area (Å²) in [6, 6.07) is 18.1. The minimum atomic E-state index is -0.502. The number of aryl methyl sites for hydroxylation is 1. The number of halogens is 1. The lowest BCUT2D eigenvalue weighted by Gasteiger charge is -2.31. The van der Waals surface area contributed by atoms with Crippen LogP contribution < -0.4 is 9.64 Å². The maximum atomic E-state index is 13.3. The number of nitrogens with zero attached hydrogens (tertiary/aromatic N) is 3. The first-order chi connectivity index (χ1) is 16.1. The Hall–Kier alpha value is -3.67. The molecule has 1 aliphatic heterocycles. The van der Waals surface area contributed by atoms with Crippen molar-refractivity contribution in [1.82, 2.24) is 9.78 Å². The Bertz CT molecular complexity index is 1390. The van der Waals surface area contributed by atoms with Gasteiger partial charge in [0.05, 0.1) is 29.1 Å². The van der Waals surface area contributed by atoms with Crippen LogP contribution in [0.1, 0.15) is 44.9 Å². The third-order valence-electron chi connectivity index (χ3n) is 6.33. The van der Waals surface area contributed by atoms with E-state index in [2.05, 4.69) is 23.3 Å². The summed E-state index contributed by atoms with van der Waals surface area (Å²) in [5.41, 5.74) is 4.22. The largest absolute Gasteiger partial charge is 0.483 e. The van der Waals surface area contributed by atoms with E-state index in [0.717, 1.165) is 33.4 Å². The van der Waals surface area contributed by atoms with E-state index in [1.807, 2.05) is 57.7 Å². The lowest BCUT2D eigenvalue weighted by molar-refractivity contribution is -0.126. The van der Waals surface area contributed by atoms with Gasteiger partial charge in [-0.3, -0.25) is 4.79 Å². The van der Waals surface area contributed by atoms with Crippen LogP contribution in [0.5, 0.6) is 5.75 Å². The molecule has 0 radical (unpaired) electrons. The number of benzene rings is 3. The van der Waals surface area contributed by atoms with E-state index in [0.29, 0.717) is 5.75 Å². The van der Waals surface area contributed by atoms with Gasteiger partial charge >= 0.3 is 0 Å².